The molecule has 0 amide bonds. The first-order valence-electron chi connectivity index (χ1n) is 5.20. The second-order valence-corrected chi connectivity index (χ2v) is 3.96. The van der Waals surface area contributed by atoms with Gasteiger partial charge in [-0.05, 0) is 30.7 Å². The van der Waals surface area contributed by atoms with Crippen LogP contribution in [0.2, 0.25) is 5.02 Å². The number of hydrogen-bond acceptors (Lipinski definition) is 3. The average molecular weight is 237 g/mol. The Morgan fingerprint density at radius 3 is 3.00 bits per heavy atom. The lowest BCUT2D eigenvalue weighted by Crippen LogP contribution is -2.03. The Labute approximate surface area is 99.1 Å². The molecule has 84 valence electrons. The molecule has 0 fully saturated rings. The minimum Gasteiger partial charge on any atom is -0.396 e. The summed E-state index contributed by atoms with van der Waals surface area (Å²) >= 11 is 5.96. The van der Waals surface area contributed by atoms with Crippen LogP contribution in [0.5, 0.6) is 0 Å². The van der Waals surface area contributed by atoms with Crippen molar-refractivity contribution in [2.75, 3.05) is 18.5 Å². The number of benzene rings is 1. The Morgan fingerprint density at radius 2 is 2.19 bits per heavy atom. The summed E-state index contributed by atoms with van der Waals surface area (Å²) in [5.41, 5.74) is 1.92. The number of nitrogens with one attached hydrogen (secondary N) is 1. The van der Waals surface area contributed by atoms with Crippen LogP contribution in [-0.2, 0) is 0 Å². The number of aliphatic hydroxyl groups is 1. The maximum atomic E-state index is 8.73. The van der Waals surface area contributed by atoms with Crippen LogP contribution in [0.25, 0.3) is 10.9 Å². The van der Waals surface area contributed by atoms with Gasteiger partial charge >= 0.3 is 0 Å². The Balaban J connectivity index is 2.32. The lowest BCUT2D eigenvalue weighted by Gasteiger charge is -2.08. The van der Waals surface area contributed by atoms with Crippen LogP contribution in [0, 0.1) is 0 Å². The van der Waals surface area contributed by atoms with E-state index in [4.69, 9.17) is 16.7 Å². The summed E-state index contributed by atoms with van der Waals surface area (Å²) in [4.78, 5) is 4.26. The lowest BCUT2D eigenvalue weighted by atomic mass is 10.2. The number of anilines is 1. The molecule has 2 rings (SSSR count). The lowest BCUT2D eigenvalue weighted by molar-refractivity contribution is 0.292. The number of nitrogens with zero attached hydrogens (tertiary/aromatic N) is 1. The first-order valence-corrected chi connectivity index (χ1v) is 5.58. The molecule has 0 atom stereocenters. The summed E-state index contributed by atoms with van der Waals surface area (Å²) < 4.78 is 0. The van der Waals surface area contributed by atoms with Gasteiger partial charge in [-0.1, -0.05) is 11.6 Å². The van der Waals surface area contributed by atoms with Gasteiger partial charge in [-0.25, -0.2) is 0 Å². The van der Waals surface area contributed by atoms with Gasteiger partial charge in [-0.2, -0.15) is 0 Å². The summed E-state index contributed by atoms with van der Waals surface area (Å²) in [7, 11) is 0. The zero-order chi connectivity index (χ0) is 11.4. The molecule has 0 spiro atoms. The number of fused-ring (bicyclic) bond motifs is 1. The molecule has 0 saturated carbocycles. The minimum absolute atomic E-state index is 0.191. The topological polar surface area (TPSA) is 45.1 Å². The molecule has 2 aromatic rings. The first-order chi connectivity index (χ1) is 7.81. The van der Waals surface area contributed by atoms with Crippen molar-refractivity contribution in [3.63, 3.8) is 0 Å². The van der Waals surface area contributed by atoms with Gasteiger partial charge in [-0.3, -0.25) is 4.98 Å². The maximum absolute atomic E-state index is 8.73. The van der Waals surface area contributed by atoms with Crippen LogP contribution in [0.1, 0.15) is 6.42 Å². The fourth-order valence-corrected chi connectivity index (χ4v) is 1.75. The average Bonchev–Trinajstić information content (AvgIpc) is 2.30. The van der Waals surface area contributed by atoms with Crippen molar-refractivity contribution in [1.82, 2.24) is 4.98 Å². The van der Waals surface area contributed by atoms with E-state index in [0.717, 1.165) is 29.6 Å². The van der Waals surface area contributed by atoms with Crippen molar-refractivity contribution in [3.05, 3.63) is 35.5 Å². The van der Waals surface area contributed by atoms with Gasteiger partial charge in [0.15, 0.2) is 0 Å². The van der Waals surface area contributed by atoms with E-state index in [1.54, 1.807) is 6.20 Å². The van der Waals surface area contributed by atoms with E-state index < -0.39 is 0 Å². The summed E-state index contributed by atoms with van der Waals surface area (Å²) in [5.74, 6) is 0. The third kappa shape index (κ3) is 2.43. The highest BCUT2D eigenvalue weighted by atomic mass is 35.5. The molecule has 1 aromatic carbocycles. The van der Waals surface area contributed by atoms with E-state index in [-0.39, 0.29) is 6.61 Å². The summed E-state index contributed by atoms with van der Waals surface area (Å²) in [6.45, 7) is 0.929. The molecule has 0 radical (unpaired) electrons. The highest BCUT2D eigenvalue weighted by Crippen LogP contribution is 2.24. The van der Waals surface area contributed by atoms with E-state index >= 15 is 0 Å². The number of rotatable bonds is 4. The van der Waals surface area contributed by atoms with Crippen molar-refractivity contribution in [1.29, 1.82) is 0 Å². The predicted molar refractivity (Wildman–Crippen MR) is 66.9 cm³/mol. The SMILES string of the molecule is OCCCNc1ccnc2ccc(Cl)cc12. The molecule has 0 aliphatic rings. The fraction of sp³-hybridized carbons (Fsp3) is 0.250. The Bertz CT molecular complexity index is 487. The van der Waals surface area contributed by atoms with Gasteiger partial charge in [-0.15, -0.1) is 0 Å². The largest absolute Gasteiger partial charge is 0.396 e. The molecule has 1 aromatic heterocycles. The molecule has 0 bridgehead atoms. The van der Waals surface area contributed by atoms with Gasteiger partial charge in [0.1, 0.15) is 0 Å². The number of pyridine rings is 1. The standard InChI is InChI=1S/C12H13ClN2O/c13-9-2-3-11-10(8-9)12(4-6-15-11)14-5-1-7-16/h2-4,6,8,16H,1,5,7H2,(H,14,15). The smallest absolute Gasteiger partial charge is 0.0723 e. The van der Waals surface area contributed by atoms with Crippen LogP contribution >= 0.6 is 11.6 Å². The predicted octanol–water partition coefficient (Wildman–Crippen LogP) is 2.68. The van der Waals surface area contributed by atoms with Crippen LogP contribution in [0.3, 0.4) is 0 Å². The van der Waals surface area contributed by atoms with E-state index in [0.29, 0.717) is 5.02 Å². The zero-order valence-corrected chi connectivity index (χ0v) is 9.54. The van der Waals surface area contributed by atoms with Gasteiger partial charge in [0.05, 0.1) is 5.52 Å². The summed E-state index contributed by atoms with van der Waals surface area (Å²) in [5, 5.41) is 13.7. The molecule has 2 N–H and O–H groups in total. The van der Waals surface area contributed by atoms with Gasteiger partial charge < -0.3 is 10.4 Å². The quantitative estimate of drug-likeness (QED) is 0.803. The van der Waals surface area contributed by atoms with Crippen molar-refractivity contribution in [3.8, 4) is 0 Å². The summed E-state index contributed by atoms with van der Waals surface area (Å²) in [6, 6.07) is 7.53. The number of hydrogen-bond donors (Lipinski definition) is 2. The van der Waals surface area contributed by atoms with Crippen molar-refractivity contribution >= 4 is 28.2 Å². The van der Waals surface area contributed by atoms with E-state index in [1.807, 2.05) is 24.3 Å². The van der Waals surface area contributed by atoms with Crippen molar-refractivity contribution in [2.45, 2.75) is 6.42 Å². The number of aliphatic hydroxyl groups excluding tert-OH is 1. The molecule has 0 aliphatic carbocycles. The molecule has 1 heterocycles. The molecular weight excluding hydrogens is 224 g/mol. The minimum atomic E-state index is 0.191. The highest BCUT2D eigenvalue weighted by molar-refractivity contribution is 6.31. The Morgan fingerprint density at radius 1 is 1.31 bits per heavy atom. The number of aromatic nitrogens is 1. The third-order valence-electron chi connectivity index (χ3n) is 2.35. The van der Waals surface area contributed by atoms with E-state index in [9.17, 15) is 0 Å². The molecule has 0 unspecified atom stereocenters. The van der Waals surface area contributed by atoms with Gasteiger partial charge in [0.25, 0.3) is 0 Å². The maximum Gasteiger partial charge on any atom is 0.0723 e. The normalized spacial score (nSPS) is 10.6. The molecule has 4 heteroatoms. The van der Waals surface area contributed by atoms with Crippen LogP contribution in [0.15, 0.2) is 30.5 Å². The third-order valence-corrected chi connectivity index (χ3v) is 2.59. The van der Waals surface area contributed by atoms with Crippen molar-refractivity contribution < 1.29 is 5.11 Å². The second kappa shape index (κ2) is 5.14. The Kier molecular flexibility index (Phi) is 3.59. The molecule has 3 nitrogen and oxygen atoms in total. The molecular formula is C12H13ClN2O. The number of halogens is 1. The van der Waals surface area contributed by atoms with Crippen LogP contribution in [0.4, 0.5) is 5.69 Å². The van der Waals surface area contributed by atoms with E-state index in [2.05, 4.69) is 10.3 Å². The fourth-order valence-electron chi connectivity index (χ4n) is 1.57. The molecule has 16 heavy (non-hydrogen) atoms. The molecule has 0 aliphatic heterocycles. The second-order valence-electron chi connectivity index (χ2n) is 3.52. The van der Waals surface area contributed by atoms with Gasteiger partial charge in [0, 0.05) is 35.4 Å². The van der Waals surface area contributed by atoms with Crippen LogP contribution < -0.4 is 5.32 Å². The van der Waals surface area contributed by atoms with Gasteiger partial charge in [0.2, 0.25) is 0 Å². The van der Waals surface area contributed by atoms with Crippen molar-refractivity contribution in [2.24, 2.45) is 0 Å². The Hall–Kier alpha value is -1.32. The van der Waals surface area contributed by atoms with Crippen LogP contribution in [-0.4, -0.2) is 23.2 Å². The van der Waals surface area contributed by atoms with E-state index in [1.165, 1.54) is 0 Å². The molecule has 0 saturated heterocycles. The monoisotopic (exact) mass is 236 g/mol. The summed E-state index contributed by atoms with van der Waals surface area (Å²) in [6.07, 6.45) is 2.49. The first kappa shape index (κ1) is 11.2. The highest BCUT2D eigenvalue weighted by Gasteiger charge is 2.01. The zero-order valence-electron chi connectivity index (χ0n) is 8.78.